The molecule has 134 valence electrons. The van der Waals surface area contributed by atoms with E-state index in [9.17, 15) is 9.90 Å². The number of nitrogens with one attached hydrogen (secondary N) is 3. The molecule has 2 atom stereocenters. The van der Waals surface area contributed by atoms with Crippen molar-refractivity contribution < 1.29 is 9.90 Å². The molecule has 0 radical (unpaired) electrons. The summed E-state index contributed by atoms with van der Waals surface area (Å²) in [5.74, 6) is 1.29. The second-order valence-corrected chi connectivity index (χ2v) is 6.22. The fourth-order valence-corrected chi connectivity index (χ4v) is 3.16. The number of hydrogen-bond donors (Lipinski definition) is 4. The van der Waals surface area contributed by atoms with Crippen LogP contribution in [0.2, 0.25) is 0 Å². The molecule has 2 aromatic rings. The summed E-state index contributed by atoms with van der Waals surface area (Å²) in [7, 11) is 0. The molecular weight excluding hydrogens is 318 g/mol. The van der Waals surface area contributed by atoms with E-state index in [-0.39, 0.29) is 23.7 Å². The highest BCUT2D eigenvalue weighted by molar-refractivity contribution is 5.82. The van der Waals surface area contributed by atoms with Crippen molar-refractivity contribution in [3.63, 3.8) is 0 Å². The van der Waals surface area contributed by atoms with E-state index < -0.39 is 0 Å². The Morgan fingerprint density at radius 1 is 1.40 bits per heavy atom. The Hall–Kier alpha value is -2.38. The van der Waals surface area contributed by atoms with Crippen LogP contribution in [0.4, 0.5) is 0 Å². The second-order valence-electron chi connectivity index (χ2n) is 6.22. The van der Waals surface area contributed by atoms with E-state index >= 15 is 0 Å². The Morgan fingerprint density at radius 3 is 3.04 bits per heavy atom. The predicted octanol–water partition coefficient (Wildman–Crippen LogP) is 1.27. The van der Waals surface area contributed by atoms with Gasteiger partial charge >= 0.3 is 0 Å². The number of aromatic hydroxyl groups is 1. The van der Waals surface area contributed by atoms with Gasteiger partial charge in [0, 0.05) is 37.5 Å². The summed E-state index contributed by atoms with van der Waals surface area (Å²) in [6.07, 6.45) is 6.15. The first kappa shape index (κ1) is 17.4. The van der Waals surface area contributed by atoms with Gasteiger partial charge in [0.2, 0.25) is 5.91 Å². The van der Waals surface area contributed by atoms with Gasteiger partial charge in [0.15, 0.2) is 0 Å². The lowest BCUT2D eigenvalue weighted by Gasteiger charge is -2.12. The number of hydrogen-bond acceptors (Lipinski definition) is 5. The van der Waals surface area contributed by atoms with Gasteiger partial charge in [0.1, 0.15) is 17.6 Å². The van der Waals surface area contributed by atoms with E-state index in [0.29, 0.717) is 13.0 Å². The van der Waals surface area contributed by atoms with Crippen LogP contribution in [-0.2, 0) is 17.8 Å². The number of carbonyl (C=O) groups is 1. The van der Waals surface area contributed by atoms with E-state index in [4.69, 9.17) is 0 Å². The quantitative estimate of drug-likeness (QED) is 0.568. The van der Waals surface area contributed by atoms with E-state index in [1.54, 1.807) is 12.1 Å². The largest absolute Gasteiger partial charge is 0.508 e. The van der Waals surface area contributed by atoms with Crippen molar-refractivity contribution in [2.24, 2.45) is 0 Å². The molecule has 4 N–H and O–H groups in total. The minimum atomic E-state index is -0.302. The SMILES string of the molecule is CCc1nccn1CCCNC(=O)C1CC(c2ccccc2O)NN1. The van der Waals surface area contributed by atoms with Gasteiger partial charge in [-0.15, -0.1) is 0 Å². The first-order valence-electron chi connectivity index (χ1n) is 8.75. The van der Waals surface area contributed by atoms with Gasteiger partial charge in [-0.25, -0.2) is 15.8 Å². The predicted molar refractivity (Wildman–Crippen MR) is 94.8 cm³/mol. The van der Waals surface area contributed by atoms with Gasteiger partial charge in [-0.3, -0.25) is 4.79 Å². The molecule has 1 aliphatic heterocycles. The molecule has 1 amide bonds. The maximum absolute atomic E-state index is 12.3. The third-order valence-electron chi connectivity index (χ3n) is 4.52. The Kier molecular flexibility index (Phi) is 5.67. The van der Waals surface area contributed by atoms with E-state index in [0.717, 1.165) is 30.8 Å². The number of imidazole rings is 1. The molecule has 1 aromatic carbocycles. The van der Waals surface area contributed by atoms with Crippen molar-refractivity contribution in [3.05, 3.63) is 48.0 Å². The molecule has 2 heterocycles. The number of benzene rings is 1. The molecule has 7 nitrogen and oxygen atoms in total. The van der Waals surface area contributed by atoms with E-state index in [2.05, 4.69) is 32.6 Å². The molecule has 0 bridgehead atoms. The maximum atomic E-state index is 12.3. The molecule has 0 aliphatic carbocycles. The lowest BCUT2D eigenvalue weighted by molar-refractivity contribution is -0.122. The van der Waals surface area contributed by atoms with Gasteiger partial charge in [-0.1, -0.05) is 25.1 Å². The highest BCUT2D eigenvalue weighted by atomic mass is 16.3. The summed E-state index contributed by atoms with van der Waals surface area (Å²) < 4.78 is 2.12. The average Bonchev–Trinajstić information content (AvgIpc) is 3.28. The lowest BCUT2D eigenvalue weighted by atomic mass is 10.0. The van der Waals surface area contributed by atoms with Crippen LogP contribution >= 0.6 is 0 Å². The number of phenols is 1. The van der Waals surface area contributed by atoms with Gasteiger partial charge in [0.05, 0.1) is 6.04 Å². The monoisotopic (exact) mass is 343 g/mol. The highest BCUT2D eigenvalue weighted by Gasteiger charge is 2.30. The Labute approximate surface area is 147 Å². The number of carbonyl (C=O) groups excluding carboxylic acids is 1. The molecule has 1 aromatic heterocycles. The van der Waals surface area contributed by atoms with Crippen molar-refractivity contribution in [1.29, 1.82) is 0 Å². The highest BCUT2D eigenvalue weighted by Crippen LogP contribution is 2.28. The fraction of sp³-hybridized carbons (Fsp3) is 0.444. The zero-order chi connectivity index (χ0) is 17.6. The van der Waals surface area contributed by atoms with Gasteiger partial charge in [-0.2, -0.15) is 0 Å². The van der Waals surface area contributed by atoms with Crippen LogP contribution in [0.1, 0.15) is 37.2 Å². The molecular formula is C18H25N5O2. The summed E-state index contributed by atoms with van der Waals surface area (Å²) in [6, 6.07) is 6.82. The number of hydrazine groups is 1. The zero-order valence-electron chi connectivity index (χ0n) is 14.4. The van der Waals surface area contributed by atoms with Crippen molar-refractivity contribution in [1.82, 2.24) is 25.7 Å². The normalized spacial score (nSPS) is 19.9. The van der Waals surface area contributed by atoms with Crippen LogP contribution in [0.25, 0.3) is 0 Å². The maximum Gasteiger partial charge on any atom is 0.238 e. The summed E-state index contributed by atoms with van der Waals surface area (Å²) in [6.45, 7) is 3.56. The van der Waals surface area contributed by atoms with Crippen molar-refractivity contribution in [3.8, 4) is 5.75 Å². The lowest BCUT2D eigenvalue weighted by Crippen LogP contribution is -2.43. The number of nitrogens with zero attached hydrogens (tertiary/aromatic N) is 2. The van der Waals surface area contributed by atoms with Gasteiger partial charge in [0.25, 0.3) is 0 Å². The summed E-state index contributed by atoms with van der Waals surface area (Å²) in [4.78, 5) is 16.6. The van der Waals surface area contributed by atoms with Crippen LogP contribution < -0.4 is 16.2 Å². The minimum absolute atomic E-state index is 0.0215. The standard InChI is InChI=1S/C18H25N5O2/c1-2-17-19-9-11-23(17)10-5-8-20-18(25)15-12-14(21-22-15)13-6-3-4-7-16(13)24/h3-4,6-7,9,11,14-15,21-22,24H,2,5,8,10,12H2,1H3,(H,20,25). The molecule has 2 unspecified atom stereocenters. The van der Waals surface area contributed by atoms with Crippen LogP contribution in [-0.4, -0.2) is 33.2 Å². The van der Waals surface area contributed by atoms with Crippen LogP contribution in [0.3, 0.4) is 0 Å². The van der Waals surface area contributed by atoms with Crippen molar-refractivity contribution >= 4 is 5.91 Å². The molecule has 1 fully saturated rings. The minimum Gasteiger partial charge on any atom is -0.508 e. The zero-order valence-corrected chi connectivity index (χ0v) is 14.4. The Morgan fingerprint density at radius 2 is 2.24 bits per heavy atom. The van der Waals surface area contributed by atoms with E-state index in [1.807, 2.05) is 24.5 Å². The van der Waals surface area contributed by atoms with Crippen LogP contribution in [0.15, 0.2) is 36.7 Å². The molecule has 0 spiro atoms. The summed E-state index contributed by atoms with van der Waals surface area (Å²) >= 11 is 0. The third-order valence-corrected chi connectivity index (χ3v) is 4.52. The fourth-order valence-electron chi connectivity index (χ4n) is 3.16. The average molecular weight is 343 g/mol. The first-order valence-corrected chi connectivity index (χ1v) is 8.75. The van der Waals surface area contributed by atoms with Crippen LogP contribution in [0, 0.1) is 0 Å². The van der Waals surface area contributed by atoms with Crippen molar-refractivity contribution in [2.45, 2.75) is 44.8 Å². The number of aryl methyl sites for hydroxylation is 2. The van der Waals surface area contributed by atoms with Crippen LogP contribution in [0.5, 0.6) is 5.75 Å². The number of amides is 1. The Bertz CT molecular complexity index is 715. The van der Waals surface area contributed by atoms with Crippen molar-refractivity contribution in [2.75, 3.05) is 6.54 Å². The topological polar surface area (TPSA) is 91.2 Å². The number of aromatic nitrogens is 2. The first-order chi connectivity index (χ1) is 12.2. The molecule has 25 heavy (non-hydrogen) atoms. The number of phenolic OH excluding ortho intramolecular Hbond substituents is 1. The number of rotatable bonds is 7. The molecule has 7 heteroatoms. The summed E-state index contributed by atoms with van der Waals surface area (Å²) in [5, 5.41) is 12.9. The molecule has 1 saturated heterocycles. The molecule has 3 rings (SSSR count). The smallest absolute Gasteiger partial charge is 0.238 e. The molecule has 0 saturated carbocycles. The number of para-hydroxylation sites is 1. The second kappa shape index (κ2) is 8.13. The third kappa shape index (κ3) is 4.18. The van der Waals surface area contributed by atoms with Gasteiger partial charge < -0.3 is 15.0 Å². The summed E-state index contributed by atoms with van der Waals surface area (Å²) in [5.41, 5.74) is 6.91. The molecule has 1 aliphatic rings. The van der Waals surface area contributed by atoms with Gasteiger partial charge in [-0.05, 0) is 18.9 Å². The van der Waals surface area contributed by atoms with E-state index in [1.165, 1.54) is 0 Å². The Balaban J connectivity index is 1.43.